The number of nitrogens with one attached hydrogen (secondary N) is 1. The molecular weight excluding hydrogens is 388 g/mol. The van der Waals surface area contributed by atoms with Crippen LogP contribution < -0.4 is 10.1 Å². The van der Waals surface area contributed by atoms with Gasteiger partial charge in [-0.2, -0.15) is 0 Å². The van der Waals surface area contributed by atoms with Crippen LogP contribution in [-0.4, -0.2) is 40.6 Å². The predicted octanol–water partition coefficient (Wildman–Crippen LogP) is 5.08. The smallest absolute Gasteiger partial charge is 0.255 e. The number of ether oxygens (including phenoxy) is 1. The van der Waals surface area contributed by atoms with Gasteiger partial charge in [-0.05, 0) is 74.8 Å². The van der Waals surface area contributed by atoms with Crippen molar-refractivity contribution in [3.05, 3.63) is 53.9 Å². The van der Waals surface area contributed by atoms with Gasteiger partial charge >= 0.3 is 0 Å². The number of rotatable bonds is 8. The molecular formula is C25H32N4O2. The topological polar surface area (TPSA) is 59.4 Å². The molecule has 1 saturated heterocycles. The van der Waals surface area contributed by atoms with E-state index in [4.69, 9.17) is 9.72 Å². The van der Waals surface area contributed by atoms with Gasteiger partial charge in [0.25, 0.3) is 5.91 Å². The highest BCUT2D eigenvalue weighted by Gasteiger charge is 2.17. The quantitative estimate of drug-likeness (QED) is 0.552. The van der Waals surface area contributed by atoms with Gasteiger partial charge in [0.05, 0.1) is 24.7 Å². The monoisotopic (exact) mass is 420 g/mol. The number of hydrogen-bond acceptors (Lipinski definition) is 4. The number of carbonyl (C=O) groups excluding carboxylic acids is 1. The number of likely N-dealkylation sites (tertiary alicyclic amines) is 1. The highest BCUT2D eigenvalue weighted by molar-refractivity contribution is 6.05. The van der Waals surface area contributed by atoms with Gasteiger partial charge in [0, 0.05) is 17.8 Å². The molecule has 0 saturated carbocycles. The average molecular weight is 421 g/mol. The Labute approximate surface area is 184 Å². The van der Waals surface area contributed by atoms with Crippen LogP contribution >= 0.6 is 0 Å². The highest BCUT2D eigenvalue weighted by atomic mass is 16.5. The van der Waals surface area contributed by atoms with Crippen molar-refractivity contribution in [1.29, 1.82) is 0 Å². The fourth-order valence-corrected chi connectivity index (χ4v) is 4.21. The Morgan fingerprint density at radius 3 is 2.58 bits per heavy atom. The Kier molecular flexibility index (Phi) is 6.87. The van der Waals surface area contributed by atoms with Gasteiger partial charge in [-0.15, -0.1) is 0 Å². The lowest BCUT2D eigenvalue weighted by Gasteiger charge is -2.26. The van der Waals surface area contributed by atoms with E-state index in [0.717, 1.165) is 67.3 Å². The van der Waals surface area contributed by atoms with Gasteiger partial charge < -0.3 is 14.6 Å². The number of nitrogens with zero attached hydrogens (tertiary/aromatic N) is 3. The van der Waals surface area contributed by atoms with Gasteiger partial charge in [0.2, 0.25) is 0 Å². The van der Waals surface area contributed by atoms with Crippen molar-refractivity contribution >= 4 is 22.6 Å². The van der Waals surface area contributed by atoms with Crippen molar-refractivity contribution in [3.8, 4) is 5.75 Å². The second-order valence-electron chi connectivity index (χ2n) is 8.26. The molecule has 6 heteroatoms. The summed E-state index contributed by atoms with van der Waals surface area (Å²) in [5, 5.41) is 3.00. The molecule has 1 aliphatic heterocycles. The number of aromatic nitrogens is 2. The lowest BCUT2D eigenvalue weighted by atomic mass is 10.1. The third-order valence-electron chi connectivity index (χ3n) is 5.99. The summed E-state index contributed by atoms with van der Waals surface area (Å²) in [6.07, 6.45) is 6.17. The van der Waals surface area contributed by atoms with Crippen LogP contribution in [0.1, 0.15) is 55.2 Å². The van der Waals surface area contributed by atoms with E-state index in [2.05, 4.69) is 27.8 Å². The van der Waals surface area contributed by atoms with Gasteiger partial charge in [0.1, 0.15) is 11.6 Å². The van der Waals surface area contributed by atoms with Crippen molar-refractivity contribution in [3.63, 3.8) is 0 Å². The van der Waals surface area contributed by atoms with Crippen LogP contribution in [0.2, 0.25) is 0 Å². The summed E-state index contributed by atoms with van der Waals surface area (Å²) >= 11 is 0. The number of amides is 1. The first kappa shape index (κ1) is 21.4. The van der Waals surface area contributed by atoms with Gasteiger partial charge in [-0.1, -0.05) is 19.8 Å². The number of carbonyl (C=O) groups is 1. The maximum Gasteiger partial charge on any atom is 0.255 e. The molecule has 0 aliphatic carbocycles. The van der Waals surface area contributed by atoms with E-state index in [1.54, 1.807) is 31.4 Å². The lowest BCUT2D eigenvalue weighted by molar-refractivity contribution is 0.102. The highest BCUT2D eigenvalue weighted by Crippen LogP contribution is 2.24. The minimum Gasteiger partial charge on any atom is -0.497 e. The number of imidazole rings is 1. The third-order valence-corrected chi connectivity index (χ3v) is 5.99. The molecule has 3 aromatic rings. The summed E-state index contributed by atoms with van der Waals surface area (Å²) < 4.78 is 7.53. The molecule has 2 heterocycles. The van der Waals surface area contributed by atoms with E-state index < -0.39 is 0 Å². The maximum atomic E-state index is 12.6. The van der Waals surface area contributed by atoms with Crippen LogP contribution in [-0.2, 0) is 13.1 Å². The Bertz CT molecular complexity index is 1020. The van der Waals surface area contributed by atoms with E-state index >= 15 is 0 Å². The van der Waals surface area contributed by atoms with E-state index in [9.17, 15) is 4.79 Å². The first-order valence-corrected chi connectivity index (χ1v) is 11.3. The fourth-order valence-electron chi connectivity index (χ4n) is 4.21. The van der Waals surface area contributed by atoms with E-state index in [0.29, 0.717) is 5.56 Å². The zero-order valence-corrected chi connectivity index (χ0v) is 18.6. The number of anilines is 1. The van der Waals surface area contributed by atoms with Gasteiger partial charge in [-0.3, -0.25) is 9.69 Å². The molecule has 6 nitrogen and oxygen atoms in total. The van der Waals surface area contributed by atoms with Crippen molar-refractivity contribution in [2.75, 3.05) is 25.5 Å². The van der Waals surface area contributed by atoms with Crippen molar-refractivity contribution in [1.82, 2.24) is 14.5 Å². The summed E-state index contributed by atoms with van der Waals surface area (Å²) in [4.78, 5) is 20.1. The molecule has 1 aromatic heterocycles. The summed E-state index contributed by atoms with van der Waals surface area (Å²) in [7, 11) is 1.61. The summed E-state index contributed by atoms with van der Waals surface area (Å²) in [5.41, 5.74) is 3.44. The molecule has 0 atom stereocenters. The molecule has 0 radical (unpaired) electrons. The van der Waals surface area contributed by atoms with Gasteiger partial charge in [-0.25, -0.2) is 4.98 Å². The Balaban J connectivity index is 1.56. The number of methoxy groups -OCH3 is 1. The predicted molar refractivity (Wildman–Crippen MR) is 125 cm³/mol. The molecule has 1 N–H and O–H groups in total. The van der Waals surface area contributed by atoms with Gasteiger partial charge in [0.15, 0.2) is 0 Å². The molecule has 0 bridgehead atoms. The number of aryl methyl sites for hydroxylation is 1. The largest absolute Gasteiger partial charge is 0.497 e. The van der Waals surface area contributed by atoms with Crippen LogP contribution in [0, 0.1) is 0 Å². The van der Waals surface area contributed by atoms with E-state index in [-0.39, 0.29) is 5.91 Å². The molecule has 1 aliphatic rings. The van der Waals surface area contributed by atoms with Crippen molar-refractivity contribution < 1.29 is 9.53 Å². The van der Waals surface area contributed by atoms with Crippen LogP contribution in [0.25, 0.3) is 11.0 Å². The van der Waals surface area contributed by atoms with Crippen LogP contribution in [0.3, 0.4) is 0 Å². The van der Waals surface area contributed by atoms with Crippen LogP contribution in [0.5, 0.6) is 5.75 Å². The number of hydrogen-bond donors (Lipinski definition) is 1. The molecule has 2 aromatic carbocycles. The minimum atomic E-state index is -0.138. The number of unbranched alkanes of at least 4 members (excludes halogenated alkanes) is 1. The average Bonchev–Trinajstić information content (AvgIpc) is 3.14. The third kappa shape index (κ3) is 5.07. The standard InChI is InChI=1S/C25H32N4O2/c1-3-4-16-29-23-13-10-20(26-25(30)19-8-11-21(31-2)12-9-19)17-22(23)27-24(29)18-28-14-6-5-7-15-28/h8-13,17H,3-7,14-16,18H2,1-2H3,(H,26,30). The van der Waals surface area contributed by atoms with E-state index in [1.807, 2.05) is 12.1 Å². The molecule has 31 heavy (non-hydrogen) atoms. The van der Waals surface area contributed by atoms with Crippen LogP contribution in [0.4, 0.5) is 5.69 Å². The molecule has 4 rings (SSSR count). The Morgan fingerprint density at radius 2 is 1.87 bits per heavy atom. The Morgan fingerprint density at radius 1 is 1.10 bits per heavy atom. The number of piperidine rings is 1. The van der Waals surface area contributed by atoms with Crippen molar-refractivity contribution in [2.45, 2.75) is 52.1 Å². The molecule has 0 unspecified atom stereocenters. The molecule has 1 fully saturated rings. The fraction of sp³-hybridized carbons (Fsp3) is 0.440. The Hall–Kier alpha value is -2.86. The first-order valence-electron chi connectivity index (χ1n) is 11.3. The first-order chi connectivity index (χ1) is 15.2. The molecule has 164 valence electrons. The second kappa shape index (κ2) is 9.96. The zero-order chi connectivity index (χ0) is 21.6. The van der Waals surface area contributed by atoms with Crippen LogP contribution in [0.15, 0.2) is 42.5 Å². The summed E-state index contributed by atoms with van der Waals surface area (Å²) in [6, 6.07) is 13.2. The minimum absolute atomic E-state index is 0.138. The SMILES string of the molecule is CCCCn1c(CN2CCCCC2)nc2cc(NC(=O)c3ccc(OC)cc3)ccc21. The number of fused-ring (bicyclic) bond motifs is 1. The normalized spacial score (nSPS) is 14.6. The number of benzene rings is 2. The molecule has 0 spiro atoms. The zero-order valence-electron chi connectivity index (χ0n) is 18.6. The summed E-state index contributed by atoms with van der Waals surface area (Å²) in [5.74, 6) is 1.72. The summed E-state index contributed by atoms with van der Waals surface area (Å²) in [6.45, 7) is 6.40. The van der Waals surface area contributed by atoms with Crippen molar-refractivity contribution in [2.24, 2.45) is 0 Å². The lowest BCUT2D eigenvalue weighted by Crippen LogP contribution is -2.30. The second-order valence-corrected chi connectivity index (χ2v) is 8.26. The van der Waals surface area contributed by atoms with E-state index in [1.165, 1.54) is 19.3 Å². The maximum absolute atomic E-state index is 12.6. The molecule has 1 amide bonds.